The molecule has 1 atom stereocenters. The van der Waals surface area contributed by atoms with Crippen LogP contribution in [0.2, 0.25) is 10.0 Å². The number of aromatic amines is 1. The third-order valence-electron chi connectivity index (χ3n) is 4.94. The zero-order valence-corrected chi connectivity index (χ0v) is 18.7. The topological polar surface area (TPSA) is 69.9 Å². The molecule has 0 spiro atoms. The van der Waals surface area contributed by atoms with Gasteiger partial charge in [0.2, 0.25) is 11.1 Å². The number of aromatic nitrogens is 3. The Hall–Kier alpha value is -2.35. The maximum Gasteiger partial charge on any atom is 0.325 e. The quantitative estimate of drug-likeness (QED) is 0.460. The Morgan fingerprint density at radius 1 is 1.23 bits per heavy atom. The number of rotatable bonds is 4. The van der Waals surface area contributed by atoms with Crippen molar-refractivity contribution >= 4 is 46.6 Å². The van der Waals surface area contributed by atoms with Crippen LogP contribution in [0.25, 0.3) is 11.3 Å². The van der Waals surface area contributed by atoms with Gasteiger partial charge in [-0.25, -0.2) is 4.90 Å². The molecule has 1 aromatic heterocycles. The summed E-state index contributed by atoms with van der Waals surface area (Å²) < 4.78 is 1.58. The minimum absolute atomic E-state index is 0.0862. The minimum Gasteiger partial charge on any atom is -0.291 e. The molecule has 1 unspecified atom stereocenters. The second-order valence-corrected chi connectivity index (χ2v) is 8.38. The van der Waals surface area contributed by atoms with Crippen molar-refractivity contribution in [3.63, 3.8) is 0 Å². The molecule has 2 aromatic carbocycles. The number of thioether (sulfide) groups is 1. The lowest BCUT2D eigenvalue weighted by Crippen LogP contribution is -2.61. The van der Waals surface area contributed by atoms with Crippen LogP contribution >= 0.6 is 35.0 Å². The van der Waals surface area contributed by atoms with Crippen molar-refractivity contribution < 1.29 is 9.48 Å². The molecule has 0 fully saturated rings. The molecule has 0 saturated carbocycles. The molecule has 2 heterocycles. The van der Waals surface area contributed by atoms with Gasteiger partial charge in [-0.05, 0) is 41.6 Å². The van der Waals surface area contributed by atoms with Crippen molar-refractivity contribution in [2.24, 2.45) is 0 Å². The lowest BCUT2D eigenvalue weighted by Gasteiger charge is -2.32. The Morgan fingerprint density at radius 3 is 2.73 bits per heavy atom. The number of hydrogen-bond donors (Lipinski definition) is 1. The Morgan fingerprint density at radius 2 is 2.00 bits per heavy atom. The van der Waals surface area contributed by atoms with E-state index in [4.69, 9.17) is 23.2 Å². The number of carbonyl (C=O) groups is 1. The molecule has 1 aliphatic rings. The van der Waals surface area contributed by atoms with Gasteiger partial charge in [-0.3, -0.25) is 14.6 Å². The third-order valence-corrected chi connectivity index (χ3v) is 6.35. The molecule has 30 heavy (non-hydrogen) atoms. The number of para-hydroxylation sites is 1. The van der Waals surface area contributed by atoms with Gasteiger partial charge in [-0.15, -0.1) is 0 Å². The average molecular weight is 462 g/mol. The van der Waals surface area contributed by atoms with Crippen molar-refractivity contribution in [2.75, 3.05) is 11.2 Å². The van der Waals surface area contributed by atoms with Crippen molar-refractivity contribution in [1.29, 1.82) is 0 Å². The first kappa shape index (κ1) is 20.9. The normalized spacial score (nSPS) is 14.9. The van der Waals surface area contributed by atoms with Gasteiger partial charge in [0.1, 0.15) is 0 Å². The van der Waals surface area contributed by atoms with Crippen molar-refractivity contribution in [1.82, 2.24) is 10.1 Å². The first-order chi connectivity index (χ1) is 14.5. The third kappa shape index (κ3) is 3.41. The first-order valence-corrected chi connectivity index (χ1v) is 11.4. The maximum atomic E-state index is 13.3. The van der Waals surface area contributed by atoms with Crippen LogP contribution in [0, 0.1) is 0 Å². The van der Waals surface area contributed by atoms with Crippen LogP contribution in [0.1, 0.15) is 31.5 Å². The monoisotopic (exact) mass is 461 g/mol. The molecule has 3 aromatic rings. The molecule has 0 radical (unpaired) electrons. The van der Waals surface area contributed by atoms with E-state index in [1.165, 1.54) is 11.8 Å². The predicted octanol–water partition coefficient (Wildman–Crippen LogP) is 4.45. The highest BCUT2D eigenvalue weighted by molar-refractivity contribution is 7.98. The number of carbonyl (C=O) groups excluding carboxylic acids is 1. The SMILES string of the molecule is CCCC(=O)N1c2ccccc2-c2c(=O)[nH]c(SC)n[n+]2C1c1cccc(Cl)c1Cl. The van der Waals surface area contributed by atoms with Crippen LogP contribution < -0.4 is 15.1 Å². The van der Waals surface area contributed by atoms with Crippen LogP contribution in [0.5, 0.6) is 0 Å². The highest BCUT2D eigenvalue weighted by atomic mass is 35.5. The average Bonchev–Trinajstić information content (AvgIpc) is 2.74. The van der Waals surface area contributed by atoms with Crippen molar-refractivity contribution in [3.8, 4) is 11.3 Å². The van der Waals surface area contributed by atoms with E-state index < -0.39 is 6.17 Å². The van der Waals surface area contributed by atoms with Crippen LogP contribution in [0.15, 0.2) is 52.4 Å². The summed E-state index contributed by atoms with van der Waals surface area (Å²) in [6.45, 7) is 1.95. The van der Waals surface area contributed by atoms with Gasteiger partial charge in [0.15, 0.2) is 0 Å². The van der Waals surface area contributed by atoms with Gasteiger partial charge in [0.05, 0.1) is 26.9 Å². The lowest BCUT2D eigenvalue weighted by atomic mass is 10.0. The van der Waals surface area contributed by atoms with Gasteiger partial charge < -0.3 is 0 Å². The van der Waals surface area contributed by atoms with E-state index in [0.29, 0.717) is 50.6 Å². The van der Waals surface area contributed by atoms with Crippen LogP contribution in [-0.2, 0) is 4.79 Å². The van der Waals surface area contributed by atoms with E-state index in [2.05, 4.69) is 10.1 Å². The van der Waals surface area contributed by atoms with E-state index in [-0.39, 0.29) is 11.5 Å². The second-order valence-electron chi connectivity index (χ2n) is 6.80. The summed E-state index contributed by atoms with van der Waals surface area (Å²) in [6.07, 6.45) is 2.11. The molecule has 0 aliphatic carbocycles. The number of anilines is 1. The standard InChI is InChI=1S/C21H18Cl2N4O2S/c1-3-7-16(28)26-15-11-5-4-8-12(15)18-19(29)24-21(30-2)25-27(18)20(26)13-9-6-10-14(22)17(13)23/h4-6,8-11,20H,3,7H2,1-2H3/p+1. The number of hydrogen-bond acceptors (Lipinski definition) is 4. The fraction of sp³-hybridized carbons (Fsp3) is 0.238. The molecule has 0 saturated heterocycles. The number of fused-ring (bicyclic) bond motifs is 3. The summed E-state index contributed by atoms with van der Waals surface area (Å²) >= 11 is 14.2. The number of nitrogens with one attached hydrogen (secondary N) is 1. The summed E-state index contributed by atoms with van der Waals surface area (Å²) in [5.41, 5.74) is 1.95. The maximum absolute atomic E-state index is 13.3. The van der Waals surface area contributed by atoms with Crippen molar-refractivity contribution in [3.05, 3.63) is 68.4 Å². The highest BCUT2D eigenvalue weighted by Crippen LogP contribution is 2.40. The summed E-state index contributed by atoms with van der Waals surface area (Å²) in [5.74, 6) is -0.0862. The van der Waals surface area contributed by atoms with E-state index >= 15 is 0 Å². The fourth-order valence-electron chi connectivity index (χ4n) is 3.67. The zero-order valence-electron chi connectivity index (χ0n) is 16.4. The molecule has 9 heteroatoms. The fourth-order valence-corrected chi connectivity index (χ4v) is 4.44. The highest BCUT2D eigenvalue weighted by Gasteiger charge is 2.46. The second kappa shape index (κ2) is 8.41. The Balaban J connectivity index is 2.10. The molecule has 4 rings (SSSR count). The van der Waals surface area contributed by atoms with Crippen LogP contribution in [0.3, 0.4) is 0 Å². The summed E-state index contributed by atoms with van der Waals surface area (Å²) in [5, 5.41) is 5.77. The predicted molar refractivity (Wildman–Crippen MR) is 119 cm³/mol. The van der Waals surface area contributed by atoms with E-state index in [9.17, 15) is 9.59 Å². The summed E-state index contributed by atoms with van der Waals surface area (Å²) in [7, 11) is 0. The van der Waals surface area contributed by atoms with E-state index in [1.54, 1.807) is 27.8 Å². The van der Waals surface area contributed by atoms with Gasteiger partial charge in [-0.2, -0.15) is 0 Å². The van der Waals surface area contributed by atoms with Crippen molar-refractivity contribution in [2.45, 2.75) is 31.1 Å². The molecule has 1 N–H and O–H groups in total. The Kier molecular flexibility index (Phi) is 5.86. The lowest BCUT2D eigenvalue weighted by molar-refractivity contribution is -0.763. The molecule has 1 aliphatic heterocycles. The van der Waals surface area contributed by atoms with E-state index in [1.807, 2.05) is 37.4 Å². The van der Waals surface area contributed by atoms with Gasteiger partial charge in [0.25, 0.3) is 6.17 Å². The summed E-state index contributed by atoms with van der Waals surface area (Å²) in [4.78, 5) is 30.8. The molecule has 0 bridgehead atoms. The zero-order chi connectivity index (χ0) is 21.4. The molecular weight excluding hydrogens is 443 g/mol. The van der Waals surface area contributed by atoms with Gasteiger partial charge >= 0.3 is 11.3 Å². The molecule has 1 amide bonds. The Bertz CT molecular complexity index is 1200. The minimum atomic E-state index is -0.742. The molecular formula is C21H19Cl2N4O2S+. The number of nitrogens with zero attached hydrogens (tertiary/aromatic N) is 3. The first-order valence-electron chi connectivity index (χ1n) is 9.43. The van der Waals surface area contributed by atoms with Gasteiger partial charge in [-0.1, -0.05) is 60.1 Å². The van der Waals surface area contributed by atoms with Gasteiger partial charge in [0, 0.05) is 11.5 Å². The number of benzene rings is 2. The van der Waals surface area contributed by atoms with Crippen LogP contribution in [0.4, 0.5) is 5.69 Å². The van der Waals surface area contributed by atoms with Crippen LogP contribution in [-0.4, -0.2) is 22.2 Å². The Labute approximate surface area is 187 Å². The number of H-pyrrole nitrogens is 1. The number of halogens is 2. The smallest absolute Gasteiger partial charge is 0.291 e. The summed E-state index contributed by atoms with van der Waals surface area (Å²) in [6, 6.07) is 12.6. The largest absolute Gasteiger partial charge is 0.325 e. The molecule has 154 valence electrons. The molecule has 6 nitrogen and oxygen atoms in total. The van der Waals surface area contributed by atoms with E-state index in [0.717, 1.165) is 0 Å². The number of amides is 1.